The van der Waals surface area contributed by atoms with Gasteiger partial charge in [-0.15, -0.1) is 0 Å². The first-order valence-corrected chi connectivity index (χ1v) is 6.59. The average Bonchev–Trinajstić information content (AvgIpc) is 3.24. The summed E-state index contributed by atoms with van der Waals surface area (Å²) in [5.41, 5.74) is 6.35. The van der Waals surface area contributed by atoms with Gasteiger partial charge in [0.15, 0.2) is 0 Å². The van der Waals surface area contributed by atoms with E-state index < -0.39 is 6.10 Å². The third kappa shape index (κ3) is 3.55. The molecule has 1 aliphatic carbocycles. The van der Waals surface area contributed by atoms with Crippen molar-refractivity contribution in [3.8, 4) is 0 Å². The molecule has 1 unspecified atom stereocenters. The Morgan fingerprint density at radius 2 is 2.10 bits per heavy atom. The Labute approximate surface area is 117 Å². The van der Waals surface area contributed by atoms with Crippen LogP contribution < -0.4 is 16.4 Å². The lowest BCUT2D eigenvalue weighted by Crippen LogP contribution is -2.36. The van der Waals surface area contributed by atoms with Crippen molar-refractivity contribution in [1.29, 1.82) is 0 Å². The van der Waals surface area contributed by atoms with Gasteiger partial charge in [-0.1, -0.05) is 12.1 Å². The van der Waals surface area contributed by atoms with Crippen LogP contribution in [0.1, 0.15) is 23.2 Å². The molecule has 2 rings (SSSR count). The number of carbonyl (C=O) groups excluding carboxylic acids is 2. The van der Waals surface area contributed by atoms with E-state index >= 15 is 0 Å². The highest BCUT2D eigenvalue weighted by Gasteiger charge is 2.25. The summed E-state index contributed by atoms with van der Waals surface area (Å²) in [7, 11) is 1.42. The number of para-hydroxylation sites is 1. The molecule has 0 spiro atoms. The van der Waals surface area contributed by atoms with Gasteiger partial charge in [0.25, 0.3) is 11.8 Å². The van der Waals surface area contributed by atoms with Gasteiger partial charge in [0.2, 0.25) is 0 Å². The number of carbonyl (C=O) groups is 2. The fourth-order valence-electron chi connectivity index (χ4n) is 1.80. The predicted octanol–water partition coefficient (Wildman–Crippen LogP) is 0.491. The van der Waals surface area contributed by atoms with Crippen molar-refractivity contribution in [2.75, 3.05) is 19.0 Å². The van der Waals surface area contributed by atoms with Crippen LogP contribution in [0.2, 0.25) is 0 Å². The second kappa shape index (κ2) is 6.49. The molecule has 0 aliphatic heterocycles. The fourth-order valence-corrected chi connectivity index (χ4v) is 1.80. The number of amides is 2. The third-order valence-corrected chi connectivity index (χ3v) is 3.13. The van der Waals surface area contributed by atoms with E-state index in [1.54, 1.807) is 24.3 Å². The number of methoxy groups -OCH3 is 1. The predicted molar refractivity (Wildman–Crippen MR) is 75.4 cm³/mol. The number of benzene rings is 1. The van der Waals surface area contributed by atoms with Gasteiger partial charge in [0.05, 0.1) is 11.3 Å². The Hall–Kier alpha value is -1.92. The standard InChI is InChI=1S/C14H19N3O3/c1-20-12(8-15)14(19)17-11-5-3-2-4-10(11)13(18)16-9-6-7-9/h2-5,9,12H,6-8,15H2,1H3,(H,16,18)(H,17,19). The first-order chi connectivity index (χ1) is 9.65. The first kappa shape index (κ1) is 14.5. The molecule has 0 saturated heterocycles. The maximum atomic E-state index is 12.1. The second-order valence-electron chi connectivity index (χ2n) is 4.74. The topological polar surface area (TPSA) is 93.4 Å². The van der Waals surface area contributed by atoms with Gasteiger partial charge in [-0.25, -0.2) is 0 Å². The number of ether oxygens (including phenoxy) is 1. The molecule has 1 fully saturated rings. The van der Waals surface area contributed by atoms with Gasteiger partial charge in [-0.3, -0.25) is 9.59 Å². The maximum Gasteiger partial charge on any atom is 0.254 e. The molecule has 20 heavy (non-hydrogen) atoms. The molecule has 4 N–H and O–H groups in total. The fraction of sp³-hybridized carbons (Fsp3) is 0.429. The van der Waals surface area contributed by atoms with E-state index in [0.717, 1.165) is 12.8 Å². The van der Waals surface area contributed by atoms with Crippen LogP contribution in [0.4, 0.5) is 5.69 Å². The van der Waals surface area contributed by atoms with Crippen molar-refractivity contribution in [3.05, 3.63) is 29.8 Å². The molecule has 0 radical (unpaired) electrons. The van der Waals surface area contributed by atoms with Gasteiger partial charge in [-0.05, 0) is 25.0 Å². The zero-order chi connectivity index (χ0) is 14.5. The van der Waals surface area contributed by atoms with Crippen molar-refractivity contribution in [3.63, 3.8) is 0 Å². The van der Waals surface area contributed by atoms with Gasteiger partial charge < -0.3 is 21.1 Å². The van der Waals surface area contributed by atoms with E-state index in [-0.39, 0.29) is 24.4 Å². The van der Waals surface area contributed by atoms with Gasteiger partial charge in [0.1, 0.15) is 6.10 Å². The van der Waals surface area contributed by atoms with Crippen LogP contribution >= 0.6 is 0 Å². The highest BCUT2D eigenvalue weighted by molar-refractivity contribution is 6.04. The number of nitrogens with two attached hydrogens (primary N) is 1. The van der Waals surface area contributed by atoms with Crippen LogP contribution in [0.25, 0.3) is 0 Å². The molecule has 0 heterocycles. The minimum Gasteiger partial charge on any atom is -0.370 e. The number of rotatable bonds is 6. The summed E-state index contributed by atoms with van der Waals surface area (Å²) in [6.07, 6.45) is 1.30. The Balaban J connectivity index is 2.10. The van der Waals surface area contributed by atoms with E-state index in [4.69, 9.17) is 10.5 Å². The Bertz CT molecular complexity index is 496. The lowest BCUT2D eigenvalue weighted by atomic mass is 10.1. The third-order valence-electron chi connectivity index (χ3n) is 3.13. The SMILES string of the molecule is COC(CN)C(=O)Nc1ccccc1C(=O)NC1CC1. The number of hydrogen-bond donors (Lipinski definition) is 3. The molecule has 1 aliphatic rings. The lowest BCUT2D eigenvalue weighted by molar-refractivity contribution is -0.125. The highest BCUT2D eigenvalue weighted by Crippen LogP contribution is 2.21. The highest BCUT2D eigenvalue weighted by atomic mass is 16.5. The van der Waals surface area contributed by atoms with E-state index in [9.17, 15) is 9.59 Å². The minimum atomic E-state index is -0.727. The summed E-state index contributed by atoms with van der Waals surface area (Å²) < 4.78 is 4.97. The van der Waals surface area contributed by atoms with Crippen LogP contribution in [-0.4, -0.2) is 37.6 Å². The zero-order valence-corrected chi connectivity index (χ0v) is 11.4. The lowest BCUT2D eigenvalue weighted by Gasteiger charge is -2.15. The Kier molecular flexibility index (Phi) is 4.70. The number of nitrogens with one attached hydrogen (secondary N) is 2. The molecule has 0 aromatic heterocycles. The van der Waals surface area contributed by atoms with Crippen LogP contribution in [0.5, 0.6) is 0 Å². The second-order valence-corrected chi connectivity index (χ2v) is 4.74. The maximum absolute atomic E-state index is 12.1. The molecule has 1 atom stereocenters. The Morgan fingerprint density at radius 1 is 1.40 bits per heavy atom. The van der Waals surface area contributed by atoms with Crippen LogP contribution in [0.3, 0.4) is 0 Å². The van der Waals surface area contributed by atoms with Crippen molar-refractivity contribution < 1.29 is 14.3 Å². The Morgan fingerprint density at radius 3 is 2.70 bits per heavy atom. The molecule has 6 heteroatoms. The quantitative estimate of drug-likeness (QED) is 0.705. The van der Waals surface area contributed by atoms with E-state index in [1.807, 2.05) is 0 Å². The average molecular weight is 277 g/mol. The van der Waals surface area contributed by atoms with Crippen molar-refractivity contribution >= 4 is 17.5 Å². The summed E-state index contributed by atoms with van der Waals surface area (Å²) in [5.74, 6) is -0.535. The number of hydrogen-bond acceptors (Lipinski definition) is 4. The molecule has 108 valence electrons. The minimum absolute atomic E-state index is 0.0821. The van der Waals surface area contributed by atoms with Crippen molar-refractivity contribution in [1.82, 2.24) is 5.32 Å². The summed E-state index contributed by atoms with van der Waals surface area (Å²) in [5, 5.41) is 5.58. The van der Waals surface area contributed by atoms with Crippen LogP contribution in [0, 0.1) is 0 Å². The number of anilines is 1. The van der Waals surface area contributed by atoms with E-state index in [1.165, 1.54) is 7.11 Å². The molecular formula is C14H19N3O3. The largest absolute Gasteiger partial charge is 0.370 e. The van der Waals surface area contributed by atoms with Crippen LogP contribution in [-0.2, 0) is 9.53 Å². The van der Waals surface area contributed by atoms with Crippen molar-refractivity contribution in [2.45, 2.75) is 25.0 Å². The normalized spacial score (nSPS) is 15.5. The summed E-state index contributed by atoms with van der Waals surface area (Å²) >= 11 is 0. The smallest absolute Gasteiger partial charge is 0.254 e. The molecule has 6 nitrogen and oxygen atoms in total. The molecule has 0 bridgehead atoms. The van der Waals surface area contributed by atoms with Gasteiger partial charge >= 0.3 is 0 Å². The first-order valence-electron chi connectivity index (χ1n) is 6.59. The molecule has 1 aromatic carbocycles. The van der Waals surface area contributed by atoms with Crippen molar-refractivity contribution in [2.24, 2.45) is 5.73 Å². The van der Waals surface area contributed by atoms with Gasteiger partial charge in [0, 0.05) is 19.7 Å². The molecular weight excluding hydrogens is 258 g/mol. The molecule has 1 aromatic rings. The van der Waals surface area contributed by atoms with Crippen LogP contribution in [0.15, 0.2) is 24.3 Å². The summed E-state index contributed by atoms with van der Waals surface area (Å²) in [4.78, 5) is 24.0. The monoisotopic (exact) mass is 277 g/mol. The molecule has 2 amide bonds. The van der Waals surface area contributed by atoms with E-state index in [2.05, 4.69) is 10.6 Å². The molecule has 1 saturated carbocycles. The summed E-state index contributed by atoms with van der Waals surface area (Å²) in [6, 6.07) is 7.14. The van der Waals surface area contributed by atoms with E-state index in [0.29, 0.717) is 11.3 Å². The summed E-state index contributed by atoms with van der Waals surface area (Å²) in [6.45, 7) is 0.0821. The zero-order valence-electron chi connectivity index (χ0n) is 11.4. The van der Waals surface area contributed by atoms with Gasteiger partial charge in [-0.2, -0.15) is 0 Å².